The average Bonchev–Trinajstić information content (AvgIpc) is 2.48. The number of carbonyl (C=O) groups excluding carboxylic acids is 1. The number of methoxy groups -OCH3 is 1. The van der Waals surface area contributed by atoms with Crippen molar-refractivity contribution in [2.24, 2.45) is 0 Å². The van der Waals surface area contributed by atoms with Crippen LogP contribution >= 0.6 is 11.8 Å². The number of benzene rings is 1. The number of hydrogen-bond donors (Lipinski definition) is 2. The summed E-state index contributed by atoms with van der Waals surface area (Å²) in [5, 5.41) is 3.53. The Labute approximate surface area is 124 Å². The Bertz CT molecular complexity index is 459. The number of rotatable bonds is 5. The highest BCUT2D eigenvalue weighted by molar-refractivity contribution is 8.00. The van der Waals surface area contributed by atoms with E-state index in [9.17, 15) is 4.79 Å². The van der Waals surface area contributed by atoms with Gasteiger partial charge in [-0.25, -0.2) is 0 Å². The molecule has 0 saturated heterocycles. The van der Waals surface area contributed by atoms with Gasteiger partial charge in [-0.1, -0.05) is 19.3 Å². The lowest BCUT2D eigenvalue weighted by Crippen LogP contribution is -2.18. The molecule has 0 spiro atoms. The van der Waals surface area contributed by atoms with Crippen LogP contribution in [0.25, 0.3) is 0 Å². The fourth-order valence-electron chi connectivity index (χ4n) is 2.42. The van der Waals surface area contributed by atoms with E-state index in [1.54, 1.807) is 37.1 Å². The number of amides is 1. The molecule has 0 radical (unpaired) electrons. The zero-order valence-electron chi connectivity index (χ0n) is 11.9. The van der Waals surface area contributed by atoms with Gasteiger partial charge in [0.2, 0.25) is 5.91 Å². The summed E-state index contributed by atoms with van der Waals surface area (Å²) in [5.41, 5.74) is 6.99. The van der Waals surface area contributed by atoms with Crippen LogP contribution in [0, 0.1) is 0 Å². The van der Waals surface area contributed by atoms with Crippen molar-refractivity contribution in [3.05, 3.63) is 18.2 Å². The zero-order chi connectivity index (χ0) is 14.4. The van der Waals surface area contributed by atoms with E-state index >= 15 is 0 Å². The molecule has 0 bridgehead atoms. The van der Waals surface area contributed by atoms with Gasteiger partial charge in [-0.3, -0.25) is 4.79 Å². The average molecular weight is 294 g/mol. The number of thioether (sulfide) groups is 1. The van der Waals surface area contributed by atoms with Crippen molar-refractivity contribution >= 4 is 29.0 Å². The predicted octanol–water partition coefficient (Wildman–Crippen LogP) is 3.28. The molecule has 1 aromatic carbocycles. The topological polar surface area (TPSA) is 64.3 Å². The van der Waals surface area contributed by atoms with Crippen molar-refractivity contribution < 1.29 is 9.53 Å². The maximum absolute atomic E-state index is 12.0. The smallest absolute Gasteiger partial charge is 0.234 e. The van der Waals surface area contributed by atoms with Crippen molar-refractivity contribution in [2.75, 3.05) is 23.9 Å². The third-order valence-electron chi connectivity index (χ3n) is 3.50. The van der Waals surface area contributed by atoms with Crippen molar-refractivity contribution in [3.8, 4) is 5.75 Å². The Kier molecular flexibility index (Phi) is 5.59. The third kappa shape index (κ3) is 4.34. The highest BCUT2D eigenvalue weighted by atomic mass is 32.2. The maximum atomic E-state index is 12.0. The van der Waals surface area contributed by atoms with E-state index in [0.717, 1.165) is 0 Å². The molecule has 2 rings (SSSR count). The van der Waals surface area contributed by atoms with Crippen LogP contribution in [0.3, 0.4) is 0 Å². The molecule has 5 heteroatoms. The predicted molar refractivity (Wildman–Crippen MR) is 85.4 cm³/mol. The van der Waals surface area contributed by atoms with Crippen molar-refractivity contribution in [1.82, 2.24) is 0 Å². The fourth-order valence-corrected chi connectivity index (χ4v) is 3.55. The first kappa shape index (κ1) is 15.0. The minimum Gasteiger partial charge on any atom is -0.494 e. The first-order chi connectivity index (χ1) is 9.69. The van der Waals surface area contributed by atoms with E-state index < -0.39 is 0 Å². The first-order valence-corrected chi connectivity index (χ1v) is 8.09. The lowest BCUT2D eigenvalue weighted by atomic mass is 10.0. The summed E-state index contributed by atoms with van der Waals surface area (Å²) in [4.78, 5) is 12.0. The summed E-state index contributed by atoms with van der Waals surface area (Å²) >= 11 is 1.76. The van der Waals surface area contributed by atoms with Crippen LogP contribution in [-0.2, 0) is 4.79 Å². The van der Waals surface area contributed by atoms with Gasteiger partial charge in [-0.05, 0) is 25.0 Å². The third-order valence-corrected chi connectivity index (χ3v) is 4.87. The van der Waals surface area contributed by atoms with E-state index in [1.807, 2.05) is 0 Å². The largest absolute Gasteiger partial charge is 0.494 e. The molecule has 0 aromatic heterocycles. The van der Waals surface area contributed by atoms with E-state index in [4.69, 9.17) is 10.5 Å². The summed E-state index contributed by atoms with van der Waals surface area (Å²) in [7, 11) is 1.57. The molecular formula is C15H22N2O2S. The van der Waals surface area contributed by atoms with Gasteiger partial charge >= 0.3 is 0 Å². The molecule has 1 aromatic rings. The van der Waals surface area contributed by atoms with E-state index in [-0.39, 0.29) is 5.91 Å². The fraction of sp³-hybridized carbons (Fsp3) is 0.533. The number of anilines is 2. The van der Waals surface area contributed by atoms with Gasteiger partial charge in [0, 0.05) is 17.0 Å². The van der Waals surface area contributed by atoms with Gasteiger partial charge < -0.3 is 15.8 Å². The highest BCUT2D eigenvalue weighted by Crippen LogP contribution is 2.29. The number of nitrogens with two attached hydrogens (primary N) is 1. The van der Waals surface area contributed by atoms with E-state index in [1.165, 1.54) is 32.1 Å². The van der Waals surface area contributed by atoms with E-state index in [2.05, 4.69) is 5.32 Å². The van der Waals surface area contributed by atoms with Crippen LogP contribution in [-0.4, -0.2) is 24.0 Å². The second-order valence-corrected chi connectivity index (χ2v) is 6.37. The van der Waals surface area contributed by atoms with Crippen molar-refractivity contribution in [3.63, 3.8) is 0 Å². The maximum Gasteiger partial charge on any atom is 0.234 e. The second-order valence-electron chi connectivity index (χ2n) is 5.08. The first-order valence-electron chi connectivity index (χ1n) is 7.04. The molecule has 1 aliphatic carbocycles. The van der Waals surface area contributed by atoms with Gasteiger partial charge in [-0.15, -0.1) is 11.8 Å². The normalized spacial score (nSPS) is 15.8. The van der Waals surface area contributed by atoms with Gasteiger partial charge in [0.25, 0.3) is 0 Å². The number of nitrogen functional groups attached to an aromatic ring is 1. The van der Waals surface area contributed by atoms with Gasteiger partial charge in [0.1, 0.15) is 5.75 Å². The summed E-state index contributed by atoms with van der Waals surface area (Å²) < 4.78 is 5.22. The summed E-state index contributed by atoms with van der Waals surface area (Å²) in [5.74, 6) is 1.11. The minimum absolute atomic E-state index is 0.0173. The quantitative estimate of drug-likeness (QED) is 0.818. The van der Waals surface area contributed by atoms with Crippen LogP contribution in [0.1, 0.15) is 32.1 Å². The monoisotopic (exact) mass is 294 g/mol. The number of carbonyl (C=O) groups is 1. The molecule has 110 valence electrons. The van der Waals surface area contributed by atoms with Gasteiger partial charge in [0.05, 0.1) is 18.6 Å². The Hall–Kier alpha value is -1.36. The van der Waals surface area contributed by atoms with Gasteiger partial charge in [0.15, 0.2) is 0 Å². The van der Waals surface area contributed by atoms with Crippen LogP contribution < -0.4 is 15.8 Å². The lowest BCUT2D eigenvalue weighted by Gasteiger charge is -2.20. The molecular weight excluding hydrogens is 272 g/mol. The van der Waals surface area contributed by atoms with Crippen LogP contribution in [0.5, 0.6) is 5.75 Å². The molecule has 1 saturated carbocycles. The van der Waals surface area contributed by atoms with Crippen molar-refractivity contribution in [1.29, 1.82) is 0 Å². The zero-order valence-corrected chi connectivity index (χ0v) is 12.7. The molecule has 1 fully saturated rings. The standard InChI is InChI=1S/C15H22N2O2S/c1-19-14-9-11(16)7-8-13(14)17-15(18)10-20-12-5-3-2-4-6-12/h7-9,12H,2-6,10,16H2,1H3,(H,17,18). The van der Waals surface area contributed by atoms with Gasteiger partial charge in [-0.2, -0.15) is 0 Å². The Morgan fingerprint density at radius 3 is 2.85 bits per heavy atom. The summed E-state index contributed by atoms with van der Waals surface area (Å²) in [6, 6.07) is 5.24. The molecule has 0 atom stereocenters. The lowest BCUT2D eigenvalue weighted by molar-refractivity contribution is -0.113. The number of ether oxygens (including phenoxy) is 1. The molecule has 20 heavy (non-hydrogen) atoms. The molecule has 0 aliphatic heterocycles. The molecule has 1 amide bonds. The highest BCUT2D eigenvalue weighted by Gasteiger charge is 2.16. The van der Waals surface area contributed by atoms with Crippen molar-refractivity contribution in [2.45, 2.75) is 37.4 Å². The van der Waals surface area contributed by atoms with Crippen LogP contribution in [0.15, 0.2) is 18.2 Å². The van der Waals surface area contributed by atoms with Crippen LogP contribution in [0.2, 0.25) is 0 Å². The van der Waals surface area contributed by atoms with Crippen LogP contribution in [0.4, 0.5) is 11.4 Å². The minimum atomic E-state index is 0.0173. The molecule has 1 aliphatic rings. The SMILES string of the molecule is COc1cc(N)ccc1NC(=O)CSC1CCCCC1. The second kappa shape index (κ2) is 7.43. The summed E-state index contributed by atoms with van der Waals surface area (Å²) in [6.45, 7) is 0. The Morgan fingerprint density at radius 2 is 2.15 bits per heavy atom. The molecule has 4 nitrogen and oxygen atoms in total. The number of nitrogens with one attached hydrogen (secondary N) is 1. The Morgan fingerprint density at radius 1 is 1.40 bits per heavy atom. The Balaban J connectivity index is 1.84. The summed E-state index contributed by atoms with van der Waals surface area (Å²) in [6.07, 6.45) is 6.41. The molecule has 0 heterocycles. The number of hydrogen-bond acceptors (Lipinski definition) is 4. The molecule has 3 N–H and O–H groups in total. The van der Waals surface area contributed by atoms with E-state index in [0.29, 0.717) is 28.1 Å². The molecule has 0 unspecified atom stereocenters.